The number of carboxylic acids is 1. The van der Waals surface area contributed by atoms with Gasteiger partial charge in [0.2, 0.25) is 0 Å². The van der Waals surface area contributed by atoms with Crippen LogP contribution in [0.1, 0.15) is 15.9 Å². The zero-order chi connectivity index (χ0) is 14.5. The number of carbonyl (C=O) groups is 1. The maximum Gasteiger partial charge on any atom is 0.335 e. The molecule has 2 aromatic carbocycles. The highest BCUT2D eigenvalue weighted by Gasteiger charge is 2.06. The van der Waals surface area contributed by atoms with E-state index >= 15 is 0 Å². The van der Waals surface area contributed by atoms with Crippen LogP contribution in [0.4, 0.5) is 4.39 Å². The van der Waals surface area contributed by atoms with Crippen LogP contribution in [-0.4, -0.2) is 18.2 Å². The number of hydrogen-bond acceptors (Lipinski definition) is 3. The summed E-state index contributed by atoms with van der Waals surface area (Å²) in [6, 6.07) is 10.6. The molecule has 0 heterocycles. The lowest BCUT2D eigenvalue weighted by Crippen LogP contribution is -2.00. The van der Waals surface area contributed by atoms with Crippen molar-refractivity contribution in [2.75, 3.05) is 7.11 Å². The fourth-order valence-corrected chi connectivity index (χ4v) is 1.69. The van der Waals surface area contributed by atoms with Gasteiger partial charge in [0.15, 0.2) is 11.6 Å². The van der Waals surface area contributed by atoms with Crippen molar-refractivity contribution in [2.45, 2.75) is 6.61 Å². The molecule has 0 radical (unpaired) electrons. The molecular formula is C15H13FO4. The molecule has 0 fully saturated rings. The van der Waals surface area contributed by atoms with Gasteiger partial charge < -0.3 is 14.6 Å². The number of methoxy groups -OCH3 is 1. The average molecular weight is 276 g/mol. The van der Waals surface area contributed by atoms with E-state index in [4.69, 9.17) is 14.6 Å². The first kappa shape index (κ1) is 13.9. The van der Waals surface area contributed by atoms with Gasteiger partial charge in [-0.3, -0.25) is 0 Å². The van der Waals surface area contributed by atoms with E-state index in [2.05, 4.69) is 0 Å². The van der Waals surface area contributed by atoms with E-state index in [-0.39, 0.29) is 17.9 Å². The van der Waals surface area contributed by atoms with Crippen molar-refractivity contribution in [1.29, 1.82) is 0 Å². The van der Waals surface area contributed by atoms with Gasteiger partial charge in [-0.1, -0.05) is 12.1 Å². The Morgan fingerprint density at radius 1 is 1.25 bits per heavy atom. The smallest absolute Gasteiger partial charge is 0.335 e. The van der Waals surface area contributed by atoms with E-state index in [9.17, 15) is 9.18 Å². The number of rotatable bonds is 5. The molecule has 20 heavy (non-hydrogen) atoms. The summed E-state index contributed by atoms with van der Waals surface area (Å²) >= 11 is 0. The van der Waals surface area contributed by atoms with Gasteiger partial charge in [0.25, 0.3) is 0 Å². The zero-order valence-electron chi connectivity index (χ0n) is 10.8. The standard InChI is InChI=1S/C15H13FO4/c1-19-14-6-5-10(7-13(14)16)9-20-12-4-2-3-11(8-12)15(17)18/h2-8H,9H2,1H3,(H,17,18). The van der Waals surface area contributed by atoms with Crippen molar-refractivity contribution in [3.8, 4) is 11.5 Å². The fraction of sp³-hybridized carbons (Fsp3) is 0.133. The minimum atomic E-state index is -1.02. The van der Waals surface area contributed by atoms with Crippen molar-refractivity contribution < 1.29 is 23.8 Å². The molecule has 2 aromatic rings. The minimum Gasteiger partial charge on any atom is -0.494 e. The molecule has 0 aliphatic carbocycles. The van der Waals surface area contributed by atoms with Gasteiger partial charge in [0.05, 0.1) is 12.7 Å². The maximum atomic E-state index is 13.5. The molecule has 0 spiro atoms. The number of hydrogen-bond donors (Lipinski definition) is 1. The van der Waals surface area contributed by atoms with Gasteiger partial charge in [-0.25, -0.2) is 9.18 Å². The highest BCUT2D eigenvalue weighted by atomic mass is 19.1. The predicted octanol–water partition coefficient (Wildman–Crippen LogP) is 3.11. The van der Waals surface area contributed by atoms with Gasteiger partial charge >= 0.3 is 5.97 Å². The molecule has 0 aromatic heterocycles. The molecule has 104 valence electrons. The molecule has 0 bridgehead atoms. The summed E-state index contributed by atoms with van der Waals surface area (Å²) < 4.78 is 23.8. The third kappa shape index (κ3) is 3.26. The van der Waals surface area contributed by atoms with E-state index in [1.807, 2.05) is 0 Å². The van der Waals surface area contributed by atoms with Crippen LogP contribution in [0, 0.1) is 5.82 Å². The van der Waals surface area contributed by atoms with Crippen molar-refractivity contribution in [3.63, 3.8) is 0 Å². The highest BCUT2D eigenvalue weighted by Crippen LogP contribution is 2.20. The summed E-state index contributed by atoms with van der Waals surface area (Å²) in [7, 11) is 1.39. The second kappa shape index (κ2) is 6.06. The Hall–Kier alpha value is -2.56. The quantitative estimate of drug-likeness (QED) is 0.911. The second-order valence-corrected chi connectivity index (χ2v) is 4.09. The van der Waals surface area contributed by atoms with E-state index in [0.29, 0.717) is 11.3 Å². The minimum absolute atomic E-state index is 0.142. The number of carboxylic acid groups (broad SMARTS) is 1. The summed E-state index contributed by atoms with van der Waals surface area (Å²) in [6.07, 6.45) is 0. The molecule has 0 atom stereocenters. The first-order valence-electron chi connectivity index (χ1n) is 5.88. The molecule has 2 rings (SSSR count). The Bertz CT molecular complexity index is 625. The van der Waals surface area contributed by atoms with Crippen LogP contribution in [0.2, 0.25) is 0 Å². The maximum absolute atomic E-state index is 13.5. The van der Waals surface area contributed by atoms with Crippen LogP contribution in [0.15, 0.2) is 42.5 Å². The van der Waals surface area contributed by atoms with Crippen LogP contribution >= 0.6 is 0 Å². The predicted molar refractivity (Wildman–Crippen MR) is 70.7 cm³/mol. The van der Waals surface area contributed by atoms with Gasteiger partial charge in [-0.2, -0.15) is 0 Å². The van der Waals surface area contributed by atoms with Crippen LogP contribution < -0.4 is 9.47 Å². The van der Waals surface area contributed by atoms with Gasteiger partial charge in [0, 0.05) is 0 Å². The van der Waals surface area contributed by atoms with Crippen molar-refractivity contribution in [1.82, 2.24) is 0 Å². The third-order valence-electron chi connectivity index (χ3n) is 2.70. The van der Waals surface area contributed by atoms with E-state index in [1.54, 1.807) is 18.2 Å². The van der Waals surface area contributed by atoms with Crippen LogP contribution in [0.25, 0.3) is 0 Å². The summed E-state index contributed by atoms with van der Waals surface area (Å²) in [5.74, 6) is -0.901. The molecular weight excluding hydrogens is 263 g/mol. The second-order valence-electron chi connectivity index (χ2n) is 4.09. The molecule has 0 saturated carbocycles. The molecule has 0 amide bonds. The Labute approximate surface area is 115 Å². The third-order valence-corrected chi connectivity index (χ3v) is 2.70. The molecule has 0 saturated heterocycles. The van der Waals surface area contributed by atoms with Crippen LogP contribution in [-0.2, 0) is 6.61 Å². The highest BCUT2D eigenvalue weighted by molar-refractivity contribution is 5.87. The lowest BCUT2D eigenvalue weighted by atomic mass is 10.2. The van der Waals surface area contributed by atoms with Gasteiger partial charge in [0.1, 0.15) is 12.4 Å². The summed E-state index contributed by atoms with van der Waals surface area (Å²) in [5, 5.41) is 8.87. The normalized spacial score (nSPS) is 10.1. The van der Waals surface area contributed by atoms with Crippen molar-refractivity contribution in [3.05, 3.63) is 59.4 Å². The Kier molecular flexibility index (Phi) is 4.20. The fourth-order valence-electron chi connectivity index (χ4n) is 1.69. The Morgan fingerprint density at radius 2 is 2.05 bits per heavy atom. The lowest BCUT2D eigenvalue weighted by molar-refractivity contribution is 0.0696. The first-order chi connectivity index (χ1) is 9.60. The topological polar surface area (TPSA) is 55.8 Å². The average Bonchev–Trinajstić information content (AvgIpc) is 2.45. The van der Waals surface area contributed by atoms with Gasteiger partial charge in [-0.15, -0.1) is 0 Å². The van der Waals surface area contributed by atoms with E-state index in [0.717, 1.165) is 0 Å². The number of halogens is 1. The molecule has 1 N–H and O–H groups in total. The Balaban J connectivity index is 2.07. The molecule has 4 nitrogen and oxygen atoms in total. The number of ether oxygens (including phenoxy) is 2. The molecule has 0 aliphatic rings. The summed E-state index contributed by atoms with van der Waals surface area (Å²) in [5.41, 5.74) is 0.771. The van der Waals surface area contributed by atoms with Crippen molar-refractivity contribution in [2.24, 2.45) is 0 Å². The van der Waals surface area contributed by atoms with E-state index in [1.165, 1.54) is 31.4 Å². The van der Waals surface area contributed by atoms with Crippen molar-refractivity contribution >= 4 is 5.97 Å². The number of benzene rings is 2. The van der Waals surface area contributed by atoms with Crippen LogP contribution in [0.5, 0.6) is 11.5 Å². The largest absolute Gasteiger partial charge is 0.494 e. The monoisotopic (exact) mass is 276 g/mol. The van der Waals surface area contributed by atoms with Crippen LogP contribution in [0.3, 0.4) is 0 Å². The summed E-state index contributed by atoms with van der Waals surface area (Å²) in [4.78, 5) is 10.8. The van der Waals surface area contributed by atoms with E-state index < -0.39 is 11.8 Å². The van der Waals surface area contributed by atoms with Gasteiger partial charge in [-0.05, 0) is 35.9 Å². The number of aromatic carboxylic acids is 1. The Morgan fingerprint density at radius 3 is 2.70 bits per heavy atom. The molecule has 5 heteroatoms. The zero-order valence-corrected chi connectivity index (χ0v) is 10.8. The lowest BCUT2D eigenvalue weighted by Gasteiger charge is -2.08. The SMILES string of the molecule is COc1ccc(COc2cccc(C(=O)O)c2)cc1F. The molecule has 0 aliphatic heterocycles. The summed E-state index contributed by atoms with van der Waals surface area (Å²) in [6.45, 7) is 0.143. The first-order valence-corrected chi connectivity index (χ1v) is 5.88. The molecule has 0 unspecified atom stereocenters.